The number of ether oxygens (including phenoxy) is 4. The van der Waals surface area contributed by atoms with Gasteiger partial charge in [-0.2, -0.15) is 5.10 Å². The van der Waals surface area contributed by atoms with Gasteiger partial charge in [-0.05, 0) is 37.1 Å². The minimum Gasteiger partial charge on any atom is -0.493 e. The summed E-state index contributed by atoms with van der Waals surface area (Å²) in [7, 11) is 3.12. The molecular weight excluding hydrogens is 469 g/mol. The van der Waals surface area contributed by atoms with Gasteiger partial charge < -0.3 is 24.3 Å². The normalized spacial score (nSPS) is 12.9. The predicted octanol–water partition coefficient (Wildman–Crippen LogP) is 4.57. The molecule has 1 amide bonds. The quantitative estimate of drug-likeness (QED) is 0.342. The van der Waals surface area contributed by atoms with Crippen LogP contribution in [-0.4, -0.2) is 53.2 Å². The summed E-state index contributed by atoms with van der Waals surface area (Å²) in [6.07, 6.45) is 6.74. The Hall–Kier alpha value is -4.41. The second-order valence-electron chi connectivity index (χ2n) is 8.06. The fourth-order valence-electron chi connectivity index (χ4n) is 3.67. The van der Waals surface area contributed by atoms with Crippen LogP contribution in [0.2, 0.25) is 0 Å². The number of fused-ring (bicyclic) bond motifs is 1. The second-order valence-corrected chi connectivity index (χ2v) is 8.06. The first-order valence-corrected chi connectivity index (χ1v) is 11.3. The lowest BCUT2D eigenvalue weighted by Gasteiger charge is -2.12. The Morgan fingerprint density at radius 3 is 2.58 bits per heavy atom. The molecule has 0 aliphatic heterocycles. The molecule has 3 heterocycles. The summed E-state index contributed by atoms with van der Waals surface area (Å²) in [4.78, 5) is 21.5. The molecule has 0 spiro atoms. The van der Waals surface area contributed by atoms with Gasteiger partial charge in [0.2, 0.25) is 0 Å². The Bertz CT molecular complexity index is 1390. The molecule has 1 aliphatic carbocycles. The van der Waals surface area contributed by atoms with Crippen LogP contribution in [0.25, 0.3) is 10.9 Å². The van der Waals surface area contributed by atoms with Crippen molar-refractivity contribution in [3.63, 3.8) is 0 Å². The number of aromatic nitrogens is 4. The monoisotopic (exact) mass is 493 g/mol. The van der Waals surface area contributed by atoms with Gasteiger partial charge in [0.15, 0.2) is 22.9 Å². The Kier molecular flexibility index (Phi) is 6.52. The molecule has 0 atom stereocenters. The van der Waals surface area contributed by atoms with Crippen LogP contribution >= 0.6 is 0 Å². The number of benzene rings is 1. The maximum atomic E-state index is 12.8. The van der Waals surface area contributed by atoms with Crippen LogP contribution in [0.1, 0.15) is 29.4 Å². The van der Waals surface area contributed by atoms with Crippen LogP contribution in [0, 0.1) is 0 Å². The zero-order chi connectivity index (χ0) is 25.1. The first-order chi connectivity index (χ1) is 17.6. The Balaban J connectivity index is 1.32. The summed E-state index contributed by atoms with van der Waals surface area (Å²) >= 11 is 0. The lowest BCUT2D eigenvalue weighted by Crippen LogP contribution is -2.15. The van der Waals surface area contributed by atoms with Crippen molar-refractivity contribution in [2.75, 3.05) is 32.8 Å². The molecule has 1 aromatic carbocycles. The predicted molar refractivity (Wildman–Crippen MR) is 129 cm³/mol. The first-order valence-electron chi connectivity index (χ1n) is 11.3. The minimum atomic E-state index is -0.661. The summed E-state index contributed by atoms with van der Waals surface area (Å²) < 4.78 is 36.4. The van der Waals surface area contributed by atoms with Crippen LogP contribution in [0.3, 0.4) is 0 Å². The number of rotatable bonds is 10. The maximum Gasteiger partial charge on any atom is 0.281 e. The number of amides is 1. The molecule has 10 nitrogen and oxygen atoms in total. The zero-order valence-electron chi connectivity index (χ0n) is 19.7. The van der Waals surface area contributed by atoms with Gasteiger partial charge in [-0.25, -0.2) is 9.37 Å². The number of alkyl halides is 1. The molecule has 5 rings (SSSR count). The van der Waals surface area contributed by atoms with Crippen LogP contribution in [-0.2, 0) is 0 Å². The zero-order valence-corrected chi connectivity index (χ0v) is 19.7. The number of hydrogen-bond donors (Lipinski definition) is 1. The summed E-state index contributed by atoms with van der Waals surface area (Å²) in [5.74, 6) is 2.18. The molecule has 36 heavy (non-hydrogen) atoms. The third-order valence-corrected chi connectivity index (χ3v) is 5.58. The van der Waals surface area contributed by atoms with E-state index < -0.39 is 12.6 Å². The fourth-order valence-corrected chi connectivity index (χ4v) is 3.67. The van der Waals surface area contributed by atoms with Crippen molar-refractivity contribution in [1.82, 2.24) is 19.7 Å². The molecule has 0 saturated heterocycles. The fraction of sp³-hybridized carbons (Fsp3) is 0.280. The van der Waals surface area contributed by atoms with Crippen molar-refractivity contribution < 1.29 is 28.1 Å². The molecule has 11 heteroatoms. The van der Waals surface area contributed by atoms with E-state index in [1.54, 1.807) is 61.6 Å². The van der Waals surface area contributed by atoms with E-state index in [9.17, 15) is 9.18 Å². The van der Waals surface area contributed by atoms with Crippen molar-refractivity contribution in [3.8, 4) is 28.7 Å². The molecule has 186 valence electrons. The number of pyridine rings is 2. The number of carbonyl (C=O) groups is 1. The molecule has 1 N–H and O–H groups in total. The molecule has 1 aliphatic rings. The number of hydrogen-bond acceptors (Lipinski definition) is 8. The van der Waals surface area contributed by atoms with Gasteiger partial charge in [-0.3, -0.25) is 14.5 Å². The summed E-state index contributed by atoms with van der Waals surface area (Å²) in [6.45, 7) is -0.810. The van der Waals surface area contributed by atoms with Crippen LogP contribution in [0.4, 0.5) is 10.2 Å². The third-order valence-electron chi connectivity index (χ3n) is 5.58. The summed E-state index contributed by atoms with van der Waals surface area (Å²) in [5.41, 5.74) is 0.767. The second kappa shape index (κ2) is 10.1. The molecule has 0 unspecified atom stereocenters. The van der Waals surface area contributed by atoms with Crippen LogP contribution < -0.4 is 24.3 Å². The van der Waals surface area contributed by atoms with Crippen molar-refractivity contribution >= 4 is 22.6 Å². The minimum absolute atomic E-state index is 0.0881. The molecule has 0 bridgehead atoms. The molecule has 1 fully saturated rings. The highest BCUT2D eigenvalue weighted by Crippen LogP contribution is 2.37. The smallest absolute Gasteiger partial charge is 0.281 e. The Morgan fingerprint density at radius 1 is 1.08 bits per heavy atom. The number of anilines is 1. The maximum absolute atomic E-state index is 12.8. The topological polar surface area (TPSA) is 110 Å². The highest BCUT2D eigenvalue weighted by molar-refractivity contribution is 6.04. The molecule has 3 aromatic heterocycles. The van der Waals surface area contributed by atoms with Gasteiger partial charge in [0, 0.05) is 17.6 Å². The lowest BCUT2D eigenvalue weighted by atomic mass is 10.2. The van der Waals surface area contributed by atoms with E-state index in [0.29, 0.717) is 34.3 Å². The summed E-state index contributed by atoms with van der Waals surface area (Å²) in [6, 6.07) is 8.84. The van der Waals surface area contributed by atoms with Gasteiger partial charge in [0.05, 0.1) is 38.2 Å². The average molecular weight is 493 g/mol. The summed E-state index contributed by atoms with van der Waals surface area (Å²) in [5, 5.41) is 7.77. The highest BCUT2D eigenvalue weighted by Gasteiger charge is 2.28. The molecule has 1 saturated carbocycles. The standard InChI is InChI=1S/C25H24FN5O5/c1-33-20-11-17-18(12-21(20)34-2)27-9-7-19(17)36-16-5-6-23(28-13-16)29-25(32)24-22(35-10-8-26)14-31(30-24)15-3-4-15/h5-7,9,11-15H,3-4,8,10H2,1-2H3,(H,28,29,32). The van der Waals surface area contributed by atoms with E-state index in [-0.39, 0.29) is 24.1 Å². The van der Waals surface area contributed by atoms with Crippen LogP contribution in [0.15, 0.2) is 48.9 Å². The molecular formula is C25H24FN5O5. The van der Waals surface area contributed by atoms with E-state index in [4.69, 9.17) is 18.9 Å². The van der Waals surface area contributed by atoms with E-state index in [2.05, 4.69) is 20.4 Å². The highest BCUT2D eigenvalue weighted by atomic mass is 19.1. The number of carbonyl (C=O) groups excluding carboxylic acids is 1. The number of nitrogens with zero attached hydrogens (tertiary/aromatic N) is 4. The lowest BCUT2D eigenvalue weighted by molar-refractivity contribution is 0.101. The van der Waals surface area contributed by atoms with E-state index in [1.807, 2.05) is 0 Å². The van der Waals surface area contributed by atoms with Gasteiger partial charge in [0.25, 0.3) is 5.91 Å². The average Bonchev–Trinajstić information content (AvgIpc) is 3.67. The van der Waals surface area contributed by atoms with Gasteiger partial charge >= 0.3 is 0 Å². The van der Waals surface area contributed by atoms with Gasteiger partial charge in [-0.1, -0.05) is 0 Å². The molecule has 4 aromatic rings. The number of methoxy groups -OCH3 is 2. The van der Waals surface area contributed by atoms with Crippen molar-refractivity contribution in [3.05, 3.63) is 54.6 Å². The van der Waals surface area contributed by atoms with Gasteiger partial charge in [0.1, 0.15) is 30.6 Å². The largest absolute Gasteiger partial charge is 0.493 e. The van der Waals surface area contributed by atoms with E-state index in [1.165, 1.54) is 6.20 Å². The number of halogens is 1. The van der Waals surface area contributed by atoms with Crippen LogP contribution in [0.5, 0.6) is 28.7 Å². The van der Waals surface area contributed by atoms with E-state index in [0.717, 1.165) is 18.2 Å². The molecule has 0 radical (unpaired) electrons. The number of nitrogens with one attached hydrogen (secondary N) is 1. The van der Waals surface area contributed by atoms with Crippen molar-refractivity contribution in [2.45, 2.75) is 18.9 Å². The Morgan fingerprint density at radius 2 is 1.89 bits per heavy atom. The van der Waals surface area contributed by atoms with Gasteiger partial charge in [-0.15, -0.1) is 0 Å². The van der Waals surface area contributed by atoms with E-state index >= 15 is 0 Å². The van der Waals surface area contributed by atoms with Crippen molar-refractivity contribution in [2.24, 2.45) is 0 Å². The first kappa shape index (κ1) is 23.3. The van der Waals surface area contributed by atoms with Crippen molar-refractivity contribution in [1.29, 1.82) is 0 Å². The SMILES string of the molecule is COc1cc2nccc(Oc3ccc(NC(=O)c4nn(C5CC5)cc4OCCF)nc3)c2cc1OC. The third kappa shape index (κ3) is 4.85. The Labute approximate surface area is 206 Å².